The van der Waals surface area contributed by atoms with Crippen molar-refractivity contribution in [2.75, 3.05) is 16.8 Å². The van der Waals surface area contributed by atoms with E-state index in [1.807, 2.05) is 0 Å². The molecule has 0 spiro atoms. The second-order valence-electron chi connectivity index (χ2n) is 5.93. The summed E-state index contributed by atoms with van der Waals surface area (Å²) in [4.78, 5) is 36.5. The van der Waals surface area contributed by atoms with Crippen molar-refractivity contribution < 1.29 is 14.5 Å². The first-order valence-electron chi connectivity index (χ1n) is 8.11. The number of rotatable bonds is 4. The lowest BCUT2D eigenvalue weighted by molar-refractivity contribution is -0.384. The monoisotopic (exact) mass is 373 g/mol. The normalized spacial score (nSPS) is 14.2. The van der Waals surface area contributed by atoms with E-state index < -0.39 is 10.8 Å². The molecule has 0 unspecified atom stereocenters. The molecule has 8 heteroatoms. The zero-order valence-electron chi connectivity index (χ0n) is 13.8. The lowest BCUT2D eigenvalue weighted by Gasteiger charge is -2.27. The average Bonchev–Trinajstić information content (AvgIpc) is 2.62. The number of halogens is 1. The van der Waals surface area contributed by atoms with E-state index in [9.17, 15) is 19.7 Å². The van der Waals surface area contributed by atoms with E-state index in [0.29, 0.717) is 24.3 Å². The zero-order valence-corrected chi connectivity index (χ0v) is 14.5. The Morgan fingerprint density at radius 3 is 2.73 bits per heavy atom. The number of non-ortho nitro benzene ring substituents is 1. The molecule has 0 radical (unpaired) electrons. The molecule has 0 atom stereocenters. The molecule has 0 aliphatic carbocycles. The molecule has 7 nitrogen and oxygen atoms in total. The number of hydrogen-bond donors (Lipinski definition) is 1. The van der Waals surface area contributed by atoms with Gasteiger partial charge < -0.3 is 10.2 Å². The fourth-order valence-corrected chi connectivity index (χ4v) is 3.03. The second kappa shape index (κ2) is 7.53. The lowest BCUT2D eigenvalue weighted by atomic mass is 10.1. The summed E-state index contributed by atoms with van der Waals surface area (Å²) < 4.78 is 0. The van der Waals surface area contributed by atoms with Crippen LogP contribution in [0.25, 0.3) is 0 Å². The molecule has 26 heavy (non-hydrogen) atoms. The Kier molecular flexibility index (Phi) is 5.18. The highest BCUT2D eigenvalue weighted by Gasteiger charge is 2.20. The van der Waals surface area contributed by atoms with Crippen molar-refractivity contribution in [3.8, 4) is 0 Å². The Hall–Kier alpha value is -2.93. The number of nitro groups is 1. The van der Waals surface area contributed by atoms with Crippen LogP contribution >= 0.6 is 11.6 Å². The summed E-state index contributed by atoms with van der Waals surface area (Å²) in [6.07, 6.45) is 2.34. The van der Waals surface area contributed by atoms with Gasteiger partial charge in [-0.2, -0.15) is 0 Å². The molecule has 2 amide bonds. The van der Waals surface area contributed by atoms with Crippen molar-refractivity contribution in [2.24, 2.45) is 0 Å². The first kappa shape index (κ1) is 17.9. The molecular weight excluding hydrogens is 358 g/mol. The van der Waals surface area contributed by atoms with E-state index in [1.165, 1.54) is 12.1 Å². The Bertz CT molecular complexity index is 884. The van der Waals surface area contributed by atoms with Crippen molar-refractivity contribution >= 4 is 40.5 Å². The molecule has 1 saturated heterocycles. The van der Waals surface area contributed by atoms with Gasteiger partial charge in [0.1, 0.15) is 0 Å². The molecule has 1 fully saturated rings. The maximum atomic E-state index is 12.5. The van der Waals surface area contributed by atoms with Crippen LogP contribution < -0.4 is 10.2 Å². The van der Waals surface area contributed by atoms with Gasteiger partial charge in [0.25, 0.3) is 11.6 Å². The van der Waals surface area contributed by atoms with Crippen LogP contribution in [0.1, 0.15) is 29.6 Å². The molecule has 2 aromatic rings. The fraction of sp³-hybridized carbons (Fsp3) is 0.222. The van der Waals surface area contributed by atoms with Gasteiger partial charge in [0, 0.05) is 36.5 Å². The number of amides is 2. The standard InChI is InChI=1S/C18H16ClN3O4/c19-16-8-7-14(22(25)26)11-15(16)18(24)20-12-4-3-5-13(10-12)21-9-2-1-6-17(21)23/h3-5,7-8,10-11H,1-2,6,9H2,(H,20,24). The third kappa shape index (κ3) is 3.83. The average molecular weight is 374 g/mol. The smallest absolute Gasteiger partial charge is 0.270 e. The number of nitrogens with zero attached hydrogens (tertiary/aromatic N) is 2. The molecule has 0 saturated carbocycles. The molecule has 1 N–H and O–H groups in total. The maximum absolute atomic E-state index is 12.5. The summed E-state index contributed by atoms with van der Waals surface area (Å²) in [6, 6.07) is 10.6. The van der Waals surface area contributed by atoms with Crippen LogP contribution in [-0.2, 0) is 4.79 Å². The van der Waals surface area contributed by atoms with Crippen LogP contribution in [0.5, 0.6) is 0 Å². The number of nitrogens with one attached hydrogen (secondary N) is 1. The van der Waals surface area contributed by atoms with Gasteiger partial charge in [-0.05, 0) is 37.1 Å². The Morgan fingerprint density at radius 1 is 1.19 bits per heavy atom. The highest BCUT2D eigenvalue weighted by Crippen LogP contribution is 2.26. The summed E-state index contributed by atoms with van der Waals surface area (Å²) in [5.41, 5.74) is 0.985. The highest BCUT2D eigenvalue weighted by atomic mass is 35.5. The SMILES string of the molecule is O=C(Nc1cccc(N2CCCCC2=O)c1)c1cc([N+](=O)[O-])ccc1Cl. The number of piperidine rings is 1. The van der Waals surface area contributed by atoms with Gasteiger partial charge in [0.2, 0.25) is 5.91 Å². The minimum Gasteiger partial charge on any atom is -0.322 e. The Morgan fingerprint density at radius 2 is 2.00 bits per heavy atom. The molecule has 134 valence electrons. The lowest BCUT2D eigenvalue weighted by Crippen LogP contribution is -2.35. The zero-order chi connectivity index (χ0) is 18.7. The van der Waals surface area contributed by atoms with Gasteiger partial charge in [-0.15, -0.1) is 0 Å². The molecule has 3 rings (SSSR count). The van der Waals surface area contributed by atoms with E-state index >= 15 is 0 Å². The topological polar surface area (TPSA) is 92.6 Å². The molecule has 1 heterocycles. The number of carbonyl (C=O) groups excluding carboxylic acids is 2. The molecule has 2 aromatic carbocycles. The number of hydrogen-bond acceptors (Lipinski definition) is 4. The summed E-state index contributed by atoms with van der Waals surface area (Å²) in [6.45, 7) is 0.646. The summed E-state index contributed by atoms with van der Waals surface area (Å²) in [5, 5.41) is 13.7. The maximum Gasteiger partial charge on any atom is 0.270 e. The van der Waals surface area contributed by atoms with Gasteiger partial charge in [-0.1, -0.05) is 17.7 Å². The van der Waals surface area contributed by atoms with Crippen LogP contribution in [0.15, 0.2) is 42.5 Å². The van der Waals surface area contributed by atoms with E-state index in [2.05, 4.69) is 5.32 Å². The van der Waals surface area contributed by atoms with Gasteiger partial charge >= 0.3 is 0 Å². The number of nitro benzene ring substituents is 1. The van der Waals surface area contributed by atoms with Crippen molar-refractivity contribution in [3.05, 3.63) is 63.2 Å². The first-order valence-corrected chi connectivity index (χ1v) is 8.49. The van der Waals surface area contributed by atoms with Gasteiger partial charge in [-0.3, -0.25) is 19.7 Å². The van der Waals surface area contributed by atoms with Crippen LogP contribution in [0.3, 0.4) is 0 Å². The van der Waals surface area contributed by atoms with Crippen molar-refractivity contribution in [1.82, 2.24) is 0 Å². The van der Waals surface area contributed by atoms with Gasteiger partial charge in [0.15, 0.2) is 0 Å². The first-order chi connectivity index (χ1) is 12.5. The third-order valence-corrected chi connectivity index (χ3v) is 4.47. The molecule has 0 aromatic heterocycles. The quantitative estimate of drug-likeness (QED) is 0.647. The predicted molar refractivity (Wildman–Crippen MR) is 98.7 cm³/mol. The van der Waals surface area contributed by atoms with E-state index in [-0.39, 0.29) is 22.2 Å². The van der Waals surface area contributed by atoms with Crippen LogP contribution in [0, 0.1) is 10.1 Å². The predicted octanol–water partition coefficient (Wildman–Crippen LogP) is 4.02. The van der Waals surface area contributed by atoms with Gasteiger partial charge in [-0.25, -0.2) is 0 Å². The van der Waals surface area contributed by atoms with Crippen LogP contribution in [0.4, 0.5) is 17.1 Å². The third-order valence-electron chi connectivity index (χ3n) is 4.14. The molecule has 1 aliphatic heterocycles. The highest BCUT2D eigenvalue weighted by molar-refractivity contribution is 6.34. The van der Waals surface area contributed by atoms with E-state index in [0.717, 1.165) is 18.9 Å². The fourth-order valence-electron chi connectivity index (χ4n) is 2.83. The van der Waals surface area contributed by atoms with Crippen molar-refractivity contribution in [2.45, 2.75) is 19.3 Å². The van der Waals surface area contributed by atoms with E-state index in [1.54, 1.807) is 29.2 Å². The van der Waals surface area contributed by atoms with Crippen molar-refractivity contribution in [1.29, 1.82) is 0 Å². The summed E-state index contributed by atoms with van der Waals surface area (Å²) in [5.74, 6) is -0.498. The molecule has 1 aliphatic rings. The van der Waals surface area contributed by atoms with Crippen LogP contribution in [-0.4, -0.2) is 23.3 Å². The number of carbonyl (C=O) groups is 2. The van der Waals surface area contributed by atoms with Gasteiger partial charge in [0.05, 0.1) is 15.5 Å². The second-order valence-corrected chi connectivity index (χ2v) is 6.34. The summed E-state index contributed by atoms with van der Waals surface area (Å²) >= 11 is 6.00. The molecular formula is C18H16ClN3O4. The summed E-state index contributed by atoms with van der Waals surface area (Å²) in [7, 11) is 0. The largest absolute Gasteiger partial charge is 0.322 e. The van der Waals surface area contributed by atoms with E-state index in [4.69, 9.17) is 11.6 Å². The Labute approximate surface area is 154 Å². The molecule has 0 bridgehead atoms. The van der Waals surface area contributed by atoms with Crippen molar-refractivity contribution in [3.63, 3.8) is 0 Å². The minimum absolute atomic E-state index is 0.0142. The number of benzene rings is 2. The number of anilines is 2. The Balaban J connectivity index is 1.82. The van der Waals surface area contributed by atoms with Crippen LogP contribution in [0.2, 0.25) is 5.02 Å². The minimum atomic E-state index is -0.588.